The molecule has 0 aromatic carbocycles. The van der Waals surface area contributed by atoms with Crippen molar-refractivity contribution in [3.8, 4) is 0 Å². The van der Waals surface area contributed by atoms with Crippen molar-refractivity contribution < 1.29 is 0 Å². The molecule has 0 unspecified atom stereocenters. The Kier molecular flexibility index (Phi) is 5.28. The SMILES string of the molecule is CN(C)C[C@H]1[C@H]2C[C@H](CN(c3cc(N)nc(N4CCCC4)n3)C2)[C@@H]2CCCCN21. The summed E-state index contributed by atoms with van der Waals surface area (Å²) in [7, 11) is 4.44. The largest absolute Gasteiger partial charge is 0.383 e. The first-order chi connectivity index (χ1) is 14.1. The number of anilines is 3. The topological polar surface area (TPSA) is 64.8 Å². The van der Waals surface area contributed by atoms with Crippen molar-refractivity contribution in [1.82, 2.24) is 19.8 Å². The molecule has 5 heterocycles. The number of hydrogen-bond acceptors (Lipinski definition) is 7. The molecule has 4 atom stereocenters. The van der Waals surface area contributed by atoms with Crippen molar-refractivity contribution in [2.45, 2.75) is 50.6 Å². The molecule has 0 amide bonds. The van der Waals surface area contributed by atoms with E-state index in [0.29, 0.717) is 17.8 Å². The Bertz CT molecular complexity index is 717. The molecule has 7 heteroatoms. The number of aromatic nitrogens is 2. The number of piperidine rings is 3. The predicted octanol–water partition coefficient (Wildman–Crippen LogP) is 1.90. The van der Waals surface area contributed by atoms with Gasteiger partial charge in [0.05, 0.1) is 0 Å². The molecule has 4 saturated heterocycles. The van der Waals surface area contributed by atoms with Crippen molar-refractivity contribution in [2.24, 2.45) is 11.8 Å². The summed E-state index contributed by atoms with van der Waals surface area (Å²) in [6.45, 7) is 6.75. The highest BCUT2D eigenvalue weighted by atomic mass is 15.3. The molecule has 1 aromatic heterocycles. The minimum Gasteiger partial charge on any atom is -0.383 e. The maximum atomic E-state index is 6.23. The van der Waals surface area contributed by atoms with Gasteiger partial charge in [-0.2, -0.15) is 9.97 Å². The van der Waals surface area contributed by atoms with Crippen LogP contribution in [0.4, 0.5) is 17.6 Å². The highest BCUT2D eigenvalue weighted by Crippen LogP contribution is 2.42. The van der Waals surface area contributed by atoms with E-state index in [1.807, 2.05) is 6.07 Å². The molecule has 4 aliphatic heterocycles. The second-order valence-electron chi connectivity index (χ2n) is 9.94. The number of nitrogen functional groups attached to an aromatic ring is 1. The zero-order chi connectivity index (χ0) is 20.0. The van der Waals surface area contributed by atoms with Crippen LogP contribution < -0.4 is 15.5 Å². The molecule has 0 radical (unpaired) electrons. The van der Waals surface area contributed by atoms with Crippen molar-refractivity contribution in [3.05, 3.63) is 6.07 Å². The minimum atomic E-state index is 0.608. The van der Waals surface area contributed by atoms with Crippen LogP contribution in [0, 0.1) is 11.8 Å². The van der Waals surface area contributed by atoms with Crippen LogP contribution in [-0.4, -0.2) is 85.2 Å². The summed E-state index contributed by atoms with van der Waals surface area (Å²) in [5, 5.41) is 0. The monoisotopic (exact) mass is 399 g/mol. The third kappa shape index (κ3) is 3.79. The summed E-state index contributed by atoms with van der Waals surface area (Å²) < 4.78 is 0. The highest BCUT2D eigenvalue weighted by Gasteiger charge is 2.47. The smallest absolute Gasteiger partial charge is 0.229 e. The first-order valence-electron chi connectivity index (χ1n) is 11.6. The van der Waals surface area contributed by atoms with Gasteiger partial charge in [-0.05, 0) is 64.6 Å². The van der Waals surface area contributed by atoms with Crippen LogP contribution >= 0.6 is 0 Å². The molecule has 4 aliphatic rings. The lowest BCUT2D eigenvalue weighted by atomic mass is 9.72. The second kappa shape index (κ2) is 7.91. The number of likely N-dealkylation sites (N-methyl/N-ethyl adjacent to an activating group) is 1. The molecule has 7 nitrogen and oxygen atoms in total. The summed E-state index contributed by atoms with van der Waals surface area (Å²) in [6.07, 6.45) is 7.94. The van der Waals surface area contributed by atoms with E-state index in [4.69, 9.17) is 10.7 Å². The fourth-order valence-corrected chi connectivity index (χ4v) is 6.38. The Morgan fingerprint density at radius 3 is 2.55 bits per heavy atom. The lowest BCUT2D eigenvalue weighted by molar-refractivity contribution is -0.0400. The molecule has 0 saturated carbocycles. The second-order valence-corrected chi connectivity index (χ2v) is 9.94. The third-order valence-corrected chi connectivity index (χ3v) is 7.61. The summed E-state index contributed by atoms with van der Waals surface area (Å²) in [4.78, 5) is 19.6. The Morgan fingerprint density at radius 2 is 1.76 bits per heavy atom. The van der Waals surface area contributed by atoms with Gasteiger partial charge in [-0.15, -0.1) is 0 Å². The van der Waals surface area contributed by atoms with E-state index in [1.165, 1.54) is 45.1 Å². The van der Waals surface area contributed by atoms with Crippen LogP contribution in [-0.2, 0) is 0 Å². The van der Waals surface area contributed by atoms with Crippen molar-refractivity contribution in [3.63, 3.8) is 0 Å². The maximum absolute atomic E-state index is 6.23. The number of rotatable bonds is 4. The first-order valence-corrected chi connectivity index (χ1v) is 11.6. The third-order valence-electron chi connectivity index (χ3n) is 7.61. The standard InChI is InChI=1S/C22H37N7/c1-26(2)15-19-17-11-16(18-7-3-4-10-29(18)19)13-28(14-17)21-12-20(23)24-22(25-21)27-8-5-6-9-27/h12,16-19H,3-11,13-15H2,1-2H3,(H2,23,24,25)/t16-,17+,18+,19+/m1/s1. The zero-order valence-corrected chi connectivity index (χ0v) is 18.1. The van der Waals surface area contributed by atoms with Crippen LogP contribution in [0.25, 0.3) is 0 Å². The van der Waals surface area contributed by atoms with Gasteiger partial charge in [-0.1, -0.05) is 6.42 Å². The van der Waals surface area contributed by atoms with Crippen molar-refractivity contribution in [1.29, 1.82) is 0 Å². The van der Waals surface area contributed by atoms with Crippen LogP contribution in [0.1, 0.15) is 38.5 Å². The molecule has 1 aromatic rings. The number of fused-ring (bicyclic) bond motifs is 4. The number of hydrogen-bond donors (Lipinski definition) is 1. The van der Waals surface area contributed by atoms with E-state index in [9.17, 15) is 0 Å². The summed E-state index contributed by atoms with van der Waals surface area (Å²) in [6, 6.07) is 3.40. The molecule has 29 heavy (non-hydrogen) atoms. The highest BCUT2D eigenvalue weighted by molar-refractivity contribution is 5.53. The van der Waals surface area contributed by atoms with Gasteiger partial charge in [0.2, 0.25) is 5.95 Å². The molecule has 160 valence electrons. The fourth-order valence-electron chi connectivity index (χ4n) is 6.38. The quantitative estimate of drug-likeness (QED) is 0.829. The Hall–Kier alpha value is -1.60. The summed E-state index contributed by atoms with van der Waals surface area (Å²) in [5.74, 6) is 3.94. The Morgan fingerprint density at radius 1 is 1.00 bits per heavy atom. The van der Waals surface area contributed by atoms with Crippen molar-refractivity contribution >= 4 is 17.6 Å². The van der Waals surface area contributed by atoms with E-state index in [0.717, 1.165) is 56.4 Å². The Labute approximate surface area is 175 Å². The normalized spacial score (nSPS) is 32.7. The lowest BCUT2D eigenvalue weighted by Gasteiger charge is -2.57. The molecular formula is C22H37N7. The first kappa shape index (κ1) is 19.4. The van der Waals surface area contributed by atoms with Gasteiger partial charge in [0.1, 0.15) is 11.6 Å². The number of nitrogens with two attached hydrogens (primary N) is 1. The van der Waals surface area contributed by atoms with E-state index >= 15 is 0 Å². The maximum Gasteiger partial charge on any atom is 0.229 e. The molecule has 4 fully saturated rings. The molecule has 2 bridgehead atoms. The van der Waals surface area contributed by atoms with E-state index in [-0.39, 0.29) is 0 Å². The average Bonchev–Trinajstić information content (AvgIpc) is 3.25. The van der Waals surface area contributed by atoms with Crippen LogP contribution in [0.2, 0.25) is 0 Å². The minimum absolute atomic E-state index is 0.608. The molecule has 0 aliphatic carbocycles. The van der Waals surface area contributed by atoms with Gasteiger partial charge in [-0.3, -0.25) is 4.90 Å². The lowest BCUT2D eigenvalue weighted by Crippen LogP contribution is -2.65. The number of nitrogens with zero attached hydrogens (tertiary/aromatic N) is 6. The van der Waals surface area contributed by atoms with E-state index in [2.05, 4.69) is 38.7 Å². The summed E-state index contributed by atoms with van der Waals surface area (Å²) >= 11 is 0. The predicted molar refractivity (Wildman–Crippen MR) is 118 cm³/mol. The van der Waals surface area contributed by atoms with E-state index < -0.39 is 0 Å². The van der Waals surface area contributed by atoms with Crippen LogP contribution in [0.3, 0.4) is 0 Å². The van der Waals surface area contributed by atoms with Crippen molar-refractivity contribution in [2.75, 3.05) is 68.9 Å². The van der Waals surface area contributed by atoms with Gasteiger partial charge >= 0.3 is 0 Å². The van der Waals surface area contributed by atoms with E-state index in [1.54, 1.807) is 0 Å². The van der Waals surface area contributed by atoms with Crippen LogP contribution in [0.5, 0.6) is 0 Å². The van der Waals surface area contributed by atoms with Gasteiger partial charge in [0, 0.05) is 50.9 Å². The van der Waals surface area contributed by atoms with Gasteiger partial charge in [0.15, 0.2) is 0 Å². The molecule has 2 N–H and O–H groups in total. The molecular weight excluding hydrogens is 362 g/mol. The van der Waals surface area contributed by atoms with Gasteiger partial charge in [0.25, 0.3) is 0 Å². The zero-order valence-electron chi connectivity index (χ0n) is 18.1. The molecule has 5 rings (SSSR count). The van der Waals surface area contributed by atoms with Gasteiger partial charge in [-0.25, -0.2) is 0 Å². The summed E-state index contributed by atoms with van der Waals surface area (Å²) in [5.41, 5.74) is 6.23. The average molecular weight is 400 g/mol. The Balaban J connectivity index is 1.41. The fraction of sp³-hybridized carbons (Fsp3) is 0.818. The van der Waals surface area contributed by atoms with Crippen LogP contribution in [0.15, 0.2) is 6.07 Å². The molecule has 0 spiro atoms. The van der Waals surface area contributed by atoms with Gasteiger partial charge < -0.3 is 20.4 Å².